The Morgan fingerprint density at radius 1 is 1.58 bits per heavy atom. The molecular formula is C11H16N4O4. The SMILES string of the molecule is C=C(C)C(=O)OCC.NC(=O)Nc1nccc(=O)[nH]1. The van der Waals surface area contributed by atoms with E-state index < -0.39 is 6.03 Å². The summed E-state index contributed by atoms with van der Waals surface area (Å²) in [7, 11) is 0. The number of carbonyl (C=O) groups excluding carboxylic acids is 2. The molecule has 8 nitrogen and oxygen atoms in total. The predicted octanol–water partition coefficient (Wildman–Crippen LogP) is 0.386. The van der Waals surface area contributed by atoms with Crippen molar-refractivity contribution in [2.75, 3.05) is 11.9 Å². The molecule has 1 aromatic heterocycles. The van der Waals surface area contributed by atoms with Gasteiger partial charge in [0.1, 0.15) is 0 Å². The fourth-order valence-corrected chi connectivity index (χ4v) is 0.805. The van der Waals surface area contributed by atoms with E-state index in [1.807, 2.05) is 0 Å². The number of esters is 1. The summed E-state index contributed by atoms with van der Waals surface area (Å²) < 4.78 is 4.56. The van der Waals surface area contributed by atoms with Gasteiger partial charge in [0.2, 0.25) is 5.95 Å². The van der Waals surface area contributed by atoms with Crippen molar-refractivity contribution in [2.45, 2.75) is 13.8 Å². The molecule has 0 radical (unpaired) electrons. The van der Waals surface area contributed by atoms with E-state index in [1.54, 1.807) is 13.8 Å². The zero-order valence-corrected chi connectivity index (χ0v) is 10.7. The molecule has 1 rings (SSSR count). The van der Waals surface area contributed by atoms with Crippen molar-refractivity contribution in [2.24, 2.45) is 5.73 Å². The van der Waals surface area contributed by atoms with Crippen LogP contribution < -0.4 is 16.6 Å². The summed E-state index contributed by atoms with van der Waals surface area (Å²) in [5, 5.41) is 2.12. The first kappa shape index (κ1) is 16.4. The maximum Gasteiger partial charge on any atom is 0.333 e. The maximum absolute atomic E-state index is 10.6. The minimum atomic E-state index is -0.764. The second kappa shape index (κ2) is 8.45. The van der Waals surface area contributed by atoms with Gasteiger partial charge in [-0.15, -0.1) is 0 Å². The molecule has 1 heterocycles. The molecule has 2 amide bonds. The molecule has 0 aromatic carbocycles. The van der Waals surface area contributed by atoms with Crippen molar-refractivity contribution in [1.82, 2.24) is 9.97 Å². The Balaban J connectivity index is 0.000000362. The highest BCUT2D eigenvalue weighted by atomic mass is 16.5. The van der Waals surface area contributed by atoms with Gasteiger partial charge < -0.3 is 10.5 Å². The van der Waals surface area contributed by atoms with Gasteiger partial charge in [-0.2, -0.15) is 0 Å². The quantitative estimate of drug-likeness (QED) is 0.539. The Bertz CT molecular complexity index is 509. The van der Waals surface area contributed by atoms with Gasteiger partial charge in [0.15, 0.2) is 0 Å². The highest BCUT2D eigenvalue weighted by Gasteiger charge is 1.98. The first-order valence-corrected chi connectivity index (χ1v) is 5.31. The van der Waals surface area contributed by atoms with Gasteiger partial charge in [0, 0.05) is 17.8 Å². The monoisotopic (exact) mass is 268 g/mol. The molecule has 0 bridgehead atoms. The van der Waals surface area contributed by atoms with Crippen LogP contribution in [0.3, 0.4) is 0 Å². The van der Waals surface area contributed by atoms with E-state index in [-0.39, 0.29) is 17.5 Å². The first-order valence-electron chi connectivity index (χ1n) is 5.31. The third-order valence-corrected chi connectivity index (χ3v) is 1.54. The Hall–Kier alpha value is -2.64. The number of amides is 2. The number of nitrogens with one attached hydrogen (secondary N) is 2. The second-order valence-electron chi connectivity index (χ2n) is 3.27. The average Bonchev–Trinajstić information content (AvgIpc) is 2.29. The third kappa shape index (κ3) is 8.13. The Morgan fingerprint density at radius 3 is 2.58 bits per heavy atom. The fraction of sp³-hybridized carbons (Fsp3) is 0.273. The summed E-state index contributed by atoms with van der Waals surface area (Å²) in [4.78, 5) is 37.1. The largest absolute Gasteiger partial charge is 0.463 e. The lowest BCUT2D eigenvalue weighted by Crippen LogP contribution is -2.22. The summed E-state index contributed by atoms with van der Waals surface area (Å²) in [6, 6.07) is 0.464. The van der Waals surface area contributed by atoms with Crippen molar-refractivity contribution < 1.29 is 14.3 Å². The Labute approximate surface area is 109 Å². The molecule has 0 saturated carbocycles. The van der Waals surface area contributed by atoms with Gasteiger partial charge in [-0.3, -0.25) is 15.1 Å². The van der Waals surface area contributed by atoms with E-state index in [9.17, 15) is 14.4 Å². The molecule has 1 aromatic rings. The lowest BCUT2D eigenvalue weighted by molar-refractivity contribution is -0.138. The van der Waals surface area contributed by atoms with E-state index in [2.05, 4.69) is 26.6 Å². The van der Waals surface area contributed by atoms with Crippen LogP contribution in [0, 0.1) is 0 Å². The van der Waals surface area contributed by atoms with E-state index in [0.717, 1.165) is 0 Å². The van der Waals surface area contributed by atoms with Crippen molar-refractivity contribution in [3.63, 3.8) is 0 Å². The number of anilines is 1. The summed E-state index contributed by atoms with van der Waals surface area (Å²) >= 11 is 0. The van der Waals surface area contributed by atoms with E-state index in [1.165, 1.54) is 12.3 Å². The number of H-pyrrole nitrogens is 1. The second-order valence-corrected chi connectivity index (χ2v) is 3.27. The van der Waals surface area contributed by atoms with Gasteiger partial charge in [-0.25, -0.2) is 14.6 Å². The molecule has 0 unspecified atom stereocenters. The number of hydrogen-bond acceptors (Lipinski definition) is 5. The van der Waals surface area contributed by atoms with Crippen molar-refractivity contribution in [1.29, 1.82) is 0 Å². The van der Waals surface area contributed by atoms with Crippen molar-refractivity contribution >= 4 is 17.9 Å². The average molecular weight is 268 g/mol. The minimum absolute atomic E-state index is 0.0463. The maximum atomic E-state index is 10.6. The number of primary amides is 1. The Morgan fingerprint density at radius 2 is 2.21 bits per heavy atom. The number of aromatic amines is 1. The number of nitrogens with zero attached hydrogens (tertiary/aromatic N) is 1. The topological polar surface area (TPSA) is 127 Å². The summed E-state index contributed by atoms with van der Waals surface area (Å²) in [5.41, 5.74) is 4.87. The van der Waals surface area contributed by atoms with Gasteiger partial charge in [-0.1, -0.05) is 6.58 Å². The zero-order valence-electron chi connectivity index (χ0n) is 10.7. The predicted molar refractivity (Wildman–Crippen MR) is 69.5 cm³/mol. The van der Waals surface area contributed by atoms with Crippen LogP contribution in [0.2, 0.25) is 0 Å². The molecule has 0 fully saturated rings. The number of ether oxygens (including phenoxy) is 1. The Kier molecular flexibility index (Phi) is 7.28. The molecule has 4 N–H and O–H groups in total. The highest BCUT2D eigenvalue weighted by molar-refractivity contribution is 5.86. The number of carbonyl (C=O) groups is 2. The van der Waals surface area contributed by atoms with Crippen LogP contribution in [0.25, 0.3) is 0 Å². The lowest BCUT2D eigenvalue weighted by Gasteiger charge is -1.96. The normalized spacial score (nSPS) is 8.74. The highest BCUT2D eigenvalue weighted by Crippen LogP contribution is 1.89. The summed E-state index contributed by atoms with van der Waals surface area (Å²) in [5.74, 6) is -0.266. The third-order valence-electron chi connectivity index (χ3n) is 1.54. The van der Waals surface area contributed by atoms with Crippen molar-refractivity contribution in [3.05, 3.63) is 34.8 Å². The van der Waals surface area contributed by atoms with E-state index in [4.69, 9.17) is 5.73 Å². The summed E-state index contributed by atoms with van der Waals surface area (Å²) in [6.07, 6.45) is 1.27. The lowest BCUT2D eigenvalue weighted by atomic mass is 10.4. The van der Waals surface area contributed by atoms with Gasteiger partial charge in [-0.05, 0) is 13.8 Å². The van der Waals surface area contributed by atoms with Crippen LogP contribution in [0.15, 0.2) is 29.2 Å². The molecule has 19 heavy (non-hydrogen) atoms. The van der Waals surface area contributed by atoms with Gasteiger partial charge in [0.05, 0.1) is 6.61 Å². The molecule has 0 spiro atoms. The van der Waals surface area contributed by atoms with Crippen LogP contribution in [-0.2, 0) is 9.53 Å². The zero-order chi connectivity index (χ0) is 14.8. The molecule has 0 aliphatic carbocycles. The molecule has 0 aliphatic rings. The molecule has 104 valence electrons. The number of hydrogen-bond donors (Lipinski definition) is 3. The number of rotatable bonds is 3. The number of aromatic nitrogens is 2. The smallest absolute Gasteiger partial charge is 0.333 e. The van der Waals surface area contributed by atoms with Gasteiger partial charge >= 0.3 is 12.0 Å². The van der Waals surface area contributed by atoms with Crippen LogP contribution in [0.1, 0.15) is 13.8 Å². The molecule has 0 atom stereocenters. The molecular weight excluding hydrogens is 252 g/mol. The minimum Gasteiger partial charge on any atom is -0.463 e. The number of nitrogens with two attached hydrogens (primary N) is 1. The van der Waals surface area contributed by atoms with E-state index in [0.29, 0.717) is 12.2 Å². The standard InChI is InChI=1S/C6H10O2.C5H6N4O2/c1-4-8-6(7)5(2)3;6-4(11)9-5-7-2-1-3(10)8-5/h2,4H2,1,3H3;1-2H,(H4,6,7,8,9,10,11). The molecule has 0 aliphatic heterocycles. The van der Waals surface area contributed by atoms with Crippen LogP contribution in [-0.4, -0.2) is 28.6 Å². The van der Waals surface area contributed by atoms with E-state index >= 15 is 0 Å². The van der Waals surface area contributed by atoms with Crippen LogP contribution in [0.4, 0.5) is 10.7 Å². The molecule has 0 saturated heterocycles. The van der Waals surface area contributed by atoms with Crippen molar-refractivity contribution in [3.8, 4) is 0 Å². The molecule has 8 heteroatoms. The van der Waals surface area contributed by atoms with Crippen LogP contribution in [0.5, 0.6) is 0 Å². The van der Waals surface area contributed by atoms with Crippen LogP contribution >= 0.6 is 0 Å². The first-order chi connectivity index (χ1) is 8.86. The fourth-order valence-electron chi connectivity index (χ4n) is 0.805. The van der Waals surface area contributed by atoms with Gasteiger partial charge in [0.25, 0.3) is 5.56 Å². The number of urea groups is 1. The summed E-state index contributed by atoms with van der Waals surface area (Å²) in [6.45, 7) is 7.21.